The number of hydrogen-bond donors (Lipinski definition) is 1. The fourth-order valence-corrected chi connectivity index (χ4v) is 3.18. The van der Waals surface area contributed by atoms with Crippen molar-refractivity contribution in [2.45, 2.75) is 57.9 Å². The van der Waals surface area contributed by atoms with E-state index < -0.39 is 0 Å². The molecule has 0 spiro atoms. The number of benzene rings is 1. The second-order valence-corrected chi connectivity index (χ2v) is 5.87. The Labute approximate surface area is 116 Å². The molecule has 19 heavy (non-hydrogen) atoms. The van der Waals surface area contributed by atoms with Gasteiger partial charge in [-0.15, -0.1) is 0 Å². The van der Waals surface area contributed by atoms with E-state index in [1.165, 1.54) is 44.6 Å². The van der Waals surface area contributed by atoms with Crippen molar-refractivity contribution < 1.29 is 4.39 Å². The van der Waals surface area contributed by atoms with Gasteiger partial charge < -0.3 is 5.32 Å². The highest BCUT2D eigenvalue weighted by atomic mass is 19.1. The van der Waals surface area contributed by atoms with Gasteiger partial charge in [0.25, 0.3) is 0 Å². The van der Waals surface area contributed by atoms with Crippen molar-refractivity contribution in [3.63, 3.8) is 0 Å². The third-order valence-electron chi connectivity index (χ3n) is 4.13. The summed E-state index contributed by atoms with van der Waals surface area (Å²) in [5, 5.41) is 3.66. The van der Waals surface area contributed by atoms with Gasteiger partial charge in [-0.2, -0.15) is 0 Å². The maximum Gasteiger partial charge on any atom is 0.123 e. The zero-order valence-electron chi connectivity index (χ0n) is 12.0. The van der Waals surface area contributed by atoms with E-state index >= 15 is 0 Å². The van der Waals surface area contributed by atoms with Gasteiger partial charge in [0.2, 0.25) is 0 Å². The molecule has 0 saturated heterocycles. The Hall–Kier alpha value is -0.890. The van der Waals surface area contributed by atoms with Crippen LogP contribution in [0.4, 0.5) is 4.39 Å². The number of rotatable bonds is 5. The largest absolute Gasteiger partial charge is 0.314 e. The van der Waals surface area contributed by atoms with Crippen molar-refractivity contribution >= 4 is 0 Å². The van der Waals surface area contributed by atoms with Crippen LogP contribution in [0.5, 0.6) is 0 Å². The number of nitrogens with one attached hydrogen (secondary N) is 1. The Morgan fingerprint density at radius 2 is 2.11 bits per heavy atom. The lowest BCUT2D eigenvalue weighted by atomic mass is 9.91. The maximum absolute atomic E-state index is 13.2. The zero-order chi connectivity index (χ0) is 13.5. The van der Waals surface area contributed by atoms with Crippen molar-refractivity contribution in [2.24, 2.45) is 5.92 Å². The molecule has 2 unspecified atom stereocenters. The van der Waals surface area contributed by atoms with Crippen molar-refractivity contribution in [3.05, 3.63) is 35.6 Å². The quantitative estimate of drug-likeness (QED) is 0.780. The minimum atomic E-state index is -0.105. The van der Waals surface area contributed by atoms with E-state index in [0.717, 1.165) is 18.5 Å². The van der Waals surface area contributed by atoms with Crippen LogP contribution >= 0.6 is 0 Å². The van der Waals surface area contributed by atoms with Gasteiger partial charge >= 0.3 is 0 Å². The molecule has 0 radical (unpaired) electrons. The van der Waals surface area contributed by atoms with Crippen LogP contribution in [0.2, 0.25) is 0 Å². The summed E-state index contributed by atoms with van der Waals surface area (Å²) in [5.41, 5.74) is 1.15. The van der Waals surface area contributed by atoms with E-state index in [4.69, 9.17) is 0 Å². The van der Waals surface area contributed by atoms with E-state index in [-0.39, 0.29) is 5.82 Å². The standard InChI is InChI=1S/C17H26FN/c1-2-10-19-17-9-4-3-6-15(13-17)11-14-7-5-8-16(18)12-14/h5,7-8,12,15,17,19H,2-4,6,9-11,13H2,1H3. The molecule has 2 atom stereocenters. The second-order valence-electron chi connectivity index (χ2n) is 5.87. The van der Waals surface area contributed by atoms with Crippen LogP contribution in [0, 0.1) is 11.7 Å². The molecule has 2 heteroatoms. The van der Waals surface area contributed by atoms with Gasteiger partial charge in [0.15, 0.2) is 0 Å². The SMILES string of the molecule is CCCNC1CCCCC(Cc2cccc(F)c2)C1. The van der Waals surface area contributed by atoms with Crippen LogP contribution in [0.25, 0.3) is 0 Å². The van der Waals surface area contributed by atoms with Gasteiger partial charge in [-0.3, -0.25) is 0 Å². The van der Waals surface area contributed by atoms with Crippen LogP contribution < -0.4 is 5.32 Å². The highest BCUT2D eigenvalue weighted by Crippen LogP contribution is 2.26. The average Bonchev–Trinajstić information content (AvgIpc) is 2.62. The zero-order valence-corrected chi connectivity index (χ0v) is 12.0. The van der Waals surface area contributed by atoms with Gasteiger partial charge in [0, 0.05) is 6.04 Å². The molecule has 106 valence electrons. The Morgan fingerprint density at radius 3 is 2.89 bits per heavy atom. The summed E-state index contributed by atoms with van der Waals surface area (Å²) in [6, 6.07) is 7.78. The molecule has 1 saturated carbocycles. The summed E-state index contributed by atoms with van der Waals surface area (Å²) >= 11 is 0. The van der Waals surface area contributed by atoms with Crippen LogP contribution in [0.1, 0.15) is 51.0 Å². The van der Waals surface area contributed by atoms with E-state index in [9.17, 15) is 4.39 Å². The summed E-state index contributed by atoms with van der Waals surface area (Å²) in [6.07, 6.45) is 8.73. The van der Waals surface area contributed by atoms with Gasteiger partial charge in [0.1, 0.15) is 5.82 Å². The first-order valence-corrected chi connectivity index (χ1v) is 7.75. The van der Waals surface area contributed by atoms with Gasteiger partial charge in [-0.05, 0) is 55.8 Å². The second kappa shape index (κ2) is 7.64. The first-order chi connectivity index (χ1) is 9.28. The highest BCUT2D eigenvalue weighted by molar-refractivity contribution is 5.17. The summed E-state index contributed by atoms with van der Waals surface area (Å²) in [5.74, 6) is 0.602. The maximum atomic E-state index is 13.2. The monoisotopic (exact) mass is 263 g/mol. The van der Waals surface area contributed by atoms with Crippen LogP contribution in [-0.2, 0) is 6.42 Å². The lowest BCUT2D eigenvalue weighted by Crippen LogP contribution is -2.31. The van der Waals surface area contributed by atoms with Crippen molar-refractivity contribution in [1.82, 2.24) is 5.32 Å². The molecule has 0 heterocycles. The minimum Gasteiger partial charge on any atom is -0.314 e. The van der Waals surface area contributed by atoms with Crippen molar-refractivity contribution in [2.75, 3.05) is 6.54 Å². The Bertz CT molecular complexity index is 377. The Morgan fingerprint density at radius 1 is 1.26 bits per heavy atom. The Kier molecular flexibility index (Phi) is 5.84. The lowest BCUT2D eigenvalue weighted by molar-refractivity contribution is 0.384. The molecular weight excluding hydrogens is 237 g/mol. The van der Waals surface area contributed by atoms with Crippen LogP contribution in [0.3, 0.4) is 0 Å². The first-order valence-electron chi connectivity index (χ1n) is 7.75. The molecule has 1 nitrogen and oxygen atoms in total. The Balaban J connectivity index is 1.90. The fourth-order valence-electron chi connectivity index (χ4n) is 3.18. The molecule has 1 aromatic rings. The van der Waals surface area contributed by atoms with E-state index in [0.29, 0.717) is 12.0 Å². The smallest absolute Gasteiger partial charge is 0.123 e. The lowest BCUT2D eigenvalue weighted by Gasteiger charge is -2.21. The number of halogens is 1. The molecule has 0 aliphatic heterocycles. The molecule has 0 bridgehead atoms. The fraction of sp³-hybridized carbons (Fsp3) is 0.647. The molecule has 0 aromatic heterocycles. The number of hydrogen-bond acceptors (Lipinski definition) is 1. The minimum absolute atomic E-state index is 0.105. The third kappa shape index (κ3) is 4.94. The molecule has 1 aromatic carbocycles. The first kappa shape index (κ1) is 14.5. The predicted molar refractivity (Wildman–Crippen MR) is 78.8 cm³/mol. The predicted octanol–water partition coefficient (Wildman–Crippen LogP) is 4.32. The molecule has 1 aliphatic rings. The van der Waals surface area contributed by atoms with Crippen LogP contribution in [-0.4, -0.2) is 12.6 Å². The third-order valence-corrected chi connectivity index (χ3v) is 4.13. The van der Waals surface area contributed by atoms with E-state index in [1.807, 2.05) is 6.07 Å². The summed E-state index contributed by atoms with van der Waals surface area (Å²) in [7, 11) is 0. The topological polar surface area (TPSA) is 12.0 Å². The summed E-state index contributed by atoms with van der Waals surface area (Å²) in [6.45, 7) is 3.34. The molecule has 1 fully saturated rings. The molecule has 0 amide bonds. The summed E-state index contributed by atoms with van der Waals surface area (Å²) in [4.78, 5) is 0. The molecular formula is C17H26FN. The van der Waals surface area contributed by atoms with Gasteiger partial charge in [0.05, 0.1) is 0 Å². The molecule has 1 aliphatic carbocycles. The highest BCUT2D eigenvalue weighted by Gasteiger charge is 2.20. The molecule has 2 rings (SSSR count). The normalized spacial score (nSPS) is 24.1. The van der Waals surface area contributed by atoms with Gasteiger partial charge in [-0.1, -0.05) is 38.3 Å². The summed E-state index contributed by atoms with van der Waals surface area (Å²) < 4.78 is 13.2. The van der Waals surface area contributed by atoms with Crippen LogP contribution in [0.15, 0.2) is 24.3 Å². The average molecular weight is 263 g/mol. The van der Waals surface area contributed by atoms with Crippen molar-refractivity contribution in [1.29, 1.82) is 0 Å². The van der Waals surface area contributed by atoms with Crippen molar-refractivity contribution in [3.8, 4) is 0 Å². The van der Waals surface area contributed by atoms with Gasteiger partial charge in [-0.25, -0.2) is 4.39 Å². The van der Waals surface area contributed by atoms with E-state index in [1.54, 1.807) is 6.07 Å². The molecule has 1 N–H and O–H groups in total. The van der Waals surface area contributed by atoms with E-state index in [2.05, 4.69) is 18.3 Å².